The maximum absolute atomic E-state index is 8.04. The summed E-state index contributed by atoms with van der Waals surface area (Å²) in [6, 6.07) is 0. The first-order valence-electron chi connectivity index (χ1n) is 1.43. The van der Waals surface area contributed by atoms with Crippen LogP contribution in [0, 0.1) is 0 Å². The van der Waals surface area contributed by atoms with Crippen molar-refractivity contribution in [3.63, 3.8) is 0 Å². The summed E-state index contributed by atoms with van der Waals surface area (Å²) in [5.41, 5.74) is 0. The molecule has 0 saturated carbocycles. The molecule has 4 nitrogen and oxygen atoms in total. The third-order valence-electron chi connectivity index (χ3n) is 0.248. The van der Waals surface area contributed by atoms with Crippen LogP contribution < -0.4 is 0 Å². The van der Waals surface area contributed by atoms with Crippen molar-refractivity contribution in [3.05, 3.63) is 0 Å². The fraction of sp³-hybridized carbons (Fsp3) is 1.00. The van der Waals surface area contributed by atoms with Crippen LogP contribution in [-0.4, -0.2) is 28.0 Å². The average molecular weight is 236 g/mol. The Hall–Kier alpha value is 0.787. The van der Waals surface area contributed by atoms with Crippen LogP contribution in [0.1, 0.15) is 0 Å². The van der Waals surface area contributed by atoms with Gasteiger partial charge in [0.15, 0.2) is 0 Å². The summed E-state index contributed by atoms with van der Waals surface area (Å²) in [7, 11) is -4.16. The summed E-state index contributed by atoms with van der Waals surface area (Å²) < 4.78 is 4.11. The van der Waals surface area contributed by atoms with Gasteiger partial charge < -0.3 is 18.8 Å². The Labute approximate surface area is 55.4 Å². The maximum atomic E-state index is 8.04. The molecule has 0 rings (SSSR count). The first kappa shape index (κ1) is 7.79. The molecular weight excluding hydrogens is 231 g/mol. The monoisotopic (exact) mass is 236 g/mol. The Morgan fingerprint density at radius 3 is 1.86 bits per heavy atom. The van der Waals surface area contributed by atoms with Gasteiger partial charge in [0.2, 0.25) is 0 Å². The smallest absolute Gasteiger partial charge is 0.368 e. The van der Waals surface area contributed by atoms with E-state index in [1.807, 2.05) is 0 Å². The van der Waals surface area contributed by atoms with Gasteiger partial charge in [-0.15, -0.1) is 0 Å². The van der Waals surface area contributed by atoms with Gasteiger partial charge in [-0.3, -0.25) is 0 Å². The summed E-state index contributed by atoms with van der Waals surface area (Å²) in [5.74, 6) is 0. The van der Waals surface area contributed by atoms with Gasteiger partial charge in [0, 0.05) is 0 Å². The minimum absolute atomic E-state index is 0.0908. The van der Waals surface area contributed by atoms with E-state index in [4.69, 9.17) is 14.4 Å². The molecule has 44 valence electrons. The van der Waals surface area contributed by atoms with Crippen LogP contribution in [0.3, 0.4) is 0 Å². The highest BCUT2D eigenvalue weighted by Crippen LogP contribution is 1.91. The van der Waals surface area contributed by atoms with E-state index in [1.54, 1.807) is 22.6 Å². The Morgan fingerprint density at radius 1 is 1.43 bits per heavy atom. The molecule has 6 heteroatoms. The first-order valence-corrected chi connectivity index (χ1v) is 4.71. The number of hydrogen-bond donors (Lipinski definition) is 3. The maximum Gasteiger partial charge on any atom is 0.672 e. The summed E-state index contributed by atoms with van der Waals surface area (Å²) in [6.45, 7) is 0. The minimum Gasteiger partial charge on any atom is -0.368 e. The van der Waals surface area contributed by atoms with E-state index in [0.717, 1.165) is 0 Å². The van der Waals surface area contributed by atoms with Crippen LogP contribution >= 0.6 is 22.6 Å². The summed E-state index contributed by atoms with van der Waals surface area (Å²) in [6.07, 6.45) is 0. The van der Waals surface area contributed by atoms with E-state index in [0.29, 0.717) is 0 Å². The highest BCUT2D eigenvalue weighted by atomic mass is 127. The second kappa shape index (κ2) is 2.94. The summed E-state index contributed by atoms with van der Waals surface area (Å²) in [5, 5.41) is 0. The van der Waals surface area contributed by atoms with Gasteiger partial charge in [0.1, 0.15) is 0 Å². The van der Waals surface area contributed by atoms with E-state index in [2.05, 4.69) is 4.43 Å². The van der Waals surface area contributed by atoms with Crippen molar-refractivity contribution in [3.8, 4) is 0 Å². The Kier molecular flexibility index (Phi) is 3.27. The zero-order valence-electron chi connectivity index (χ0n) is 3.33. The highest BCUT2D eigenvalue weighted by molar-refractivity contribution is 14.1. The lowest BCUT2D eigenvalue weighted by atomic mass is 11.8. The SMILES string of the molecule is O[Si](O)(O)OCI. The molecule has 0 atom stereocenters. The van der Waals surface area contributed by atoms with Crippen molar-refractivity contribution in [2.24, 2.45) is 0 Å². The standard InChI is InChI=1S/CH5IO4Si/c2-1-6-7(3,4)5/h3-5H,1H2. The van der Waals surface area contributed by atoms with E-state index < -0.39 is 9.05 Å². The van der Waals surface area contributed by atoms with Gasteiger partial charge >= 0.3 is 9.05 Å². The highest BCUT2D eigenvalue weighted by Gasteiger charge is 2.29. The second-order valence-corrected chi connectivity index (χ2v) is 2.89. The predicted octanol–water partition coefficient (Wildman–Crippen LogP) is -1.19. The number of halogens is 1. The minimum atomic E-state index is -4.16. The van der Waals surface area contributed by atoms with Crippen LogP contribution in [0.4, 0.5) is 0 Å². The van der Waals surface area contributed by atoms with E-state index in [1.165, 1.54) is 0 Å². The molecule has 0 spiro atoms. The molecule has 0 fully saturated rings. The molecule has 0 bridgehead atoms. The zero-order valence-corrected chi connectivity index (χ0v) is 6.49. The Balaban J connectivity index is 3.15. The number of rotatable bonds is 2. The molecule has 0 aliphatic heterocycles. The molecule has 7 heavy (non-hydrogen) atoms. The molecule has 0 amide bonds. The van der Waals surface area contributed by atoms with Gasteiger partial charge in [-0.2, -0.15) is 0 Å². The van der Waals surface area contributed by atoms with Crippen LogP contribution in [-0.2, 0) is 4.43 Å². The van der Waals surface area contributed by atoms with Crippen LogP contribution in [0.2, 0.25) is 0 Å². The van der Waals surface area contributed by atoms with Gasteiger partial charge in [-0.05, 0) is 0 Å². The van der Waals surface area contributed by atoms with E-state index in [9.17, 15) is 0 Å². The predicted molar refractivity (Wildman–Crippen MR) is 32.4 cm³/mol. The fourth-order valence-electron chi connectivity index (χ4n) is 0.0732. The van der Waals surface area contributed by atoms with E-state index in [-0.39, 0.29) is 4.61 Å². The third kappa shape index (κ3) is 6.79. The lowest BCUT2D eigenvalue weighted by molar-refractivity contribution is 0.0853. The first-order chi connectivity index (χ1) is 3.06. The topological polar surface area (TPSA) is 69.9 Å². The average Bonchev–Trinajstić information content (AvgIpc) is 1.30. The van der Waals surface area contributed by atoms with Crippen molar-refractivity contribution >= 4 is 31.6 Å². The van der Waals surface area contributed by atoms with Gasteiger partial charge in [-0.1, -0.05) is 22.6 Å². The van der Waals surface area contributed by atoms with Gasteiger partial charge in [0.05, 0.1) is 4.61 Å². The summed E-state index contributed by atoms with van der Waals surface area (Å²) >= 11 is 1.75. The largest absolute Gasteiger partial charge is 0.672 e. The zero-order chi connectivity index (χ0) is 5.91. The molecule has 0 radical (unpaired) electrons. The molecular formula is CH5IO4Si. The summed E-state index contributed by atoms with van der Waals surface area (Å²) in [4.78, 5) is 24.1. The molecule has 0 aromatic heterocycles. The molecule has 0 saturated heterocycles. The Bertz CT molecular complexity index is 50.1. The van der Waals surface area contributed by atoms with Crippen LogP contribution in [0.5, 0.6) is 0 Å². The number of hydrogen-bond acceptors (Lipinski definition) is 4. The van der Waals surface area contributed by atoms with Crippen molar-refractivity contribution in [2.75, 3.05) is 4.61 Å². The molecule has 0 aromatic carbocycles. The Morgan fingerprint density at radius 2 is 1.86 bits per heavy atom. The normalized spacial score (nSPS) is 12.0. The van der Waals surface area contributed by atoms with Gasteiger partial charge in [-0.25, -0.2) is 0 Å². The molecule has 0 aliphatic carbocycles. The van der Waals surface area contributed by atoms with Crippen molar-refractivity contribution < 1.29 is 18.8 Å². The van der Waals surface area contributed by atoms with Crippen molar-refractivity contribution in [2.45, 2.75) is 0 Å². The molecule has 0 aromatic rings. The van der Waals surface area contributed by atoms with Crippen LogP contribution in [0.15, 0.2) is 0 Å². The lowest BCUT2D eigenvalue weighted by Gasteiger charge is -2.04. The number of alkyl halides is 1. The molecule has 3 N–H and O–H groups in total. The molecule has 0 unspecified atom stereocenters. The quantitative estimate of drug-likeness (QED) is 0.320. The van der Waals surface area contributed by atoms with E-state index >= 15 is 0 Å². The van der Waals surface area contributed by atoms with Crippen molar-refractivity contribution in [1.82, 2.24) is 0 Å². The molecule has 0 heterocycles. The van der Waals surface area contributed by atoms with Crippen LogP contribution in [0.25, 0.3) is 0 Å². The third-order valence-corrected chi connectivity index (χ3v) is 1.68. The van der Waals surface area contributed by atoms with Gasteiger partial charge in [0.25, 0.3) is 0 Å². The lowest BCUT2D eigenvalue weighted by Crippen LogP contribution is -2.38. The molecule has 0 aliphatic rings. The second-order valence-electron chi connectivity index (χ2n) is 0.827. The van der Waals surface area contributed by atoms with Crippen molar-refractivity contribution in [1.29, 1.82) is 0 Å². The fourth-order valence-corrected chi connectivity index (χ4v) is 1.47.